The van der Waals surface area contributed by atoms with E-state index in [0.29, 0.717) is 12.0 Å². The van der Waals surface area contributed by atoms with E-state index in [1.54, 1.807) is 12.1 Å². The summed E-state index contributed by atoms with van der Waals surface area (Å²) < 4.78 is 0. The summed E-state index contributed by atoms with van der Waals surface area (Å²) >= 11 is 0. The van der Waals surface area contributed by atoms with Gasteiger partial charge in [-0.3, -0.25) is 0 Å². The smallest absolute Gasteiger partial charge is 0.126 e. The van der Waals surface area contributed by atoms with Crippen molar-refractivity contribution in [2.45, 2.75) is 40.0 Å². The first-order valence-electron chi connectivity index (χ1n) is 7.27. The molecule has 2 heteroatoms. The molecule has 0 atom stereocenters. The van der Waals surface area contributed by atoms with E-state index in [9.17, 15) is 10.2 Å². The van der Waals surface area contributed by atoms with Crippen LogP contribution in [-0.2, 0) is 19.3 Å². The fraction of sp³-hybridized carbons (Fsp3) is 0.333. The maximum absolute atomic E-state index is 10.4. The Morgan fingerprint density at radius 3 is 1.85 bits per heavy atom. The van der Waals surface area contributed by atoms with E-state index in [1.165, 1.54) is 11.1 Å². The van der Waals surface area contributed by atoms with E-state index in [-0.39, 0.29) is 11.5 Å². The first-order chi connectivity index (χ1) is 9.58. The molecule has 0 aromatic heterocycles. The molecule has 0 aliphatic rings. The van der Waals surface area contributed by atoms with Crippen molar-refractivity contribution in [2.75, 3.05) is 0 Å². The molecule has 0 amide bonds. The minimum atomic E-state index is 0.203. The molecule has 2 rings (SSSR count). The van der Waals surface area contributed by atoms with Gasteiger partial charge in [0.1, 0.15) is 11.5 Å². The van der Waals surface area contributed by atoms with Crippen molar-refractivity contribution < 1.29 is 10.2 Å². The molecule has 20 heavy (non-hydrogen) atoms. The van der Waals surface area contributed by atoms with Crippen LogP contribution in [0.4, 0.5) is 0 Å². The zero-order valence-electron chi connectivity index (χ0n) is 12.4. The zero-order chi connectivity index (χ0) is 14.7. The van der Waals surface area contributed by atoms with Gasteiger partial charge in [-0.15, -0.1) is 0 Å². The highest BCUT2D eigenvalue weighted by atomic mass is 16.3. The fourth-order valence-electron chi connectivity index (χ4n) is 2.49. The highest BCUT2D eigenvalue weighted by Gasteiger charge is 2.12. The second kappa shape index (κ2) is 6.00. The number of hydrogen-bond donors (Lipinski definition) is 2. The number of aromatic hydroxyl groups is 2. The van der Waals surface area contributed by atoms with Crippen LogP contribution < -0.4 is 0 Å². The minimum absolute atomic E-state index is 0.203. The SMILES string of the molecule is CCc1cc(CC)cc(-c2cc(O)cc(CC)c2O)c1. The van der Waals surface area contributed by atoms with Gasteiger partial charge in [-0.1, -0.05) is 39.0 Å². The Kier molecular flexibility index (Phi) is 4.33. The first kappa shape index (κ1) is 14.4. The summed E-state index contributed by atoms with van der Waals surface area (Å²) in [5, 5.41) is 20.2. The van der Waals surface area contributed by atoms with Crippen LogP contribution in [0.1, 0.15) is 37.5 Å². The quantitative estimate of drug-likeness (QED) is 0.806. The Morgan fingerprint density at radius 1 is 0.750 bits per heavy atom. The summed E-state index contributed by atoms with van der Waals surface area (Å²) in [5.41, 5.74) is 4.97. The molecule has 2 aromatic carbocycles. The van der Waals surface area contributed by atoms with E-state index in [4.69, 9.17) is 0 Å². The molecule has 0 aliphatic heterocycles. The lowest BCUT2D eigenvalue weighted by Gasteiger charge is -2.12. The van der Waals surface area contributed by atoms with E-state index in [0.717, 1.165) is 24.0 Å². The summed E-state index contributed by atoms with van der Waals surface area (Å²) in [7, 11) is 0. The molecule has 0 spiro atoms. The fourth-order valence-corrected chi connectivity index (χ4v) is 2.49. The molecule has 2 aromatic rings. The van der Waals surface area contributed by atoms with Gasteiger partial charge in [0, 0.05) is 5.56 Å². The lowest BCUT2D eigenvalue weighted by molar-refractivity contribution is 0.456. The van der Waals surface area contributed by atoms with E-state index in [2.05, 4.69) is 32.0 Å². The maximum atomic E-state index is 10.4. The summed E-state index contributed by atoms with van der Waals surface area (Å²) in [6, 6.07) is 9.65. The number of phenols is 2. The standard InChI is InChI=1S/C18H22O2/c1-4-12-7-13(5-2)9-15(8-12)17-11-16(19)10-14(6-3)18(17)20/h7-11,19-20H,4-6H2,1-3H3. The van der Waals surface area contributed by atoms with Gasteiger partial charge in [-0.25, -0.2) is 0 Å². The number of hydrogen-bond acceptors (Lipinski definition) is 2. The van der Waals surface area contributed by atoms with Crippen molar-refractivity contribution >= 4 is 0 Å². The zero-order valence-corrected chi connectivity index (χ0v) is 12.4. The topological polar surface area (TPSA) is 40.5 Å². The summed E-state index contributed by atoms with van der Waals surface area (Å²) in [6.07, 6.45) is 2.61. The Morgan fingerprint density at radius 2 is 1.35 bits per heavy atom. The van der Waals surface area contributed by atoms with Gasteiger partial charge in [0.05, 0.1) is 0 Å². The highest BCUT2D eigenvalue weighted by Crippen LogP contribution is 2.37. The van der Waals surface area contributed by atoms with Gasteiger partial charge in [0.25, 0.3) is 0 Å². The Balaban J connectivity index is 2.64. The van der Waals surface area contributed by atoms with E-state index in [1.807, 2.05) is 6.92 Å². The molecule has 2 N–H and O–H groups in total. The van der Waals surface area contributed by atoms with Crippen LogP contribution in [-0.4, -0.2) is 10.2 Å². The van der Waals surface area contributed by atoms with Crippen LogP contribution in [0.2, 0.25) is 0 Å². The Hall–Kier alpha value is -1.96. The van der Waals surface area contributed by atoms with Gasteiger partial charge in [0.2, 0.25) is 0 Å². The number of rotatable bonds is 4. The van der Waals surface area contributed by atoms with Crippen molar-refractivity contribution in [3.05, 3.63) is 47.0 Å². The van der Waals surface area contributed by atoms with E-state index < -0.39 is 0 Å². The van der Waals surface area contributed by atoms with Crippen LogP contribution in [0.3, 0.4) is 0 Å². The number of benzene rings is 2. The average Bonchev–Trinajstić information content (AvgIpc) is 2.48. The third-order valence-corrected chi connectivity index (χ3v) is 3.73. The highest BCUT2D eigenvalue weighted by molar-refractivity contribution is 5.74. The van der Waals surface area contributed by atoms with Gasteiger partial charge in [0.15, 0.2) is 0 Å². The van der Waals surface area contributed by atoms with Gasteiger partial charge >= 0.3 is 0 Å². The van der Waals surface area contributed by atoms with Crippen LogP contribution in [0.15, 0.2) is 30.3 Å². The second-order valence-electron chi connectivity index (χ2n) is 5.10. The molecule has 0 bridgehead atoms. The van der Waals surface area contributed by atoms with Crippen molar-refractivity contribution in [3.63, 3.8) is 0 Å². The molecule has 0 fully saturated rings. The number of phenolic OH excluding ortho intramolecular Hbond substituents is 2. The minimum Gasteiger partial charge on any atom is -0.508 e. The molecular weight excluding hydrogens is 248 g/mol. The maximum Gasteiger partial charge on any atom is 0.126 e. The monoisotopic (exact) mass is 270 g/mol. The second-order valence-corrected chi connectivity index (χ2v) is 5.10. The third-order valence-electron chi connectivity index (χ3n) is 3.73. The van der Waals surface area contributed by atoms with Crippen LogP contribution in [0.5, 0.6) is 11.5 Å². The van der Waals surface area contributed by atoms with Crippen molar-refractivity contribution in [2.24, 2.45) is 0 Å². The molecule has 0 aliphatic carbocycles. The Bertz CT molecular complexity index is 593. The lowest BCUT2D eigenvalue weighted by Crippen LogP contribution is -1.91. The van der Waals surface area contributed by atoms with Crippen LogP contribution in [0, 0.1) is 0 Å². The van der Waals surface area contributed by atoms with Crippen LogP contribution >= 0.6 is 0 Å². The van der Waals surface area contributed by atoms with Gasteiger partial charge in [-0.05, 0) is 53.6 Å². The predicted molar refractivity (Wildman–Crippen MR) is 83.3 cm³/mol. The number of aryl methyl sites for hydroxylation is 3. The summed E-state index contributed by atoms with van der Waals surface area (Å²) in [4.78, 5) is 0. The molecule has 0 heterocycles. The molecule has 0 saturated heterocycles. The molecular formula is C18H22O2. The van der Waals surface area contributed by atoms with Crippen molar-refractivity contribution in [1.29, 1.82) is 0 Å². The molecule has 0 unspecified atom stereocenters. The molecule has 0 saturated carbocycles. The average molecular weight is 270 g/mol. The summed E-state index contributed by atoms with van der Waals surface area (Å²) in [6.45, 7) is 6.22. The first-order valence-corrected chi connectivity index (χ1v) is 7.27. The molecule has 0 radical (unpaired) electrons. The lowest BCUT2D eigenvalue weighted by atomic mass is 9.95. The third kappa shape index (κ3) is 2.79. The Labute approximate surface area is 120 Å². The van der Waals surface area contributed by atoms with Crippen LogP contribution in [0.25, 0.3) is 11.1 Å². The van der Waals surface area contributed by atoms with Gasteiger partial charge in [-0.2, -0.15) is 0 Å². The van der Waals surface area contributed by atoms with Gasteiger partial charge < -0.3 is 10.2 Å². The largest absolute Gasteiger partial charge is 0.508 e. The van der Waals surface area contributed by atoms with Crippen molar-refractivity contribution in [3.8, 4) is 22.6 Å². The molecule has 2 nitrogen and oxygen atoms in total. The van der Waals surface area contributed by atoms with E-state index >= 15 is 0 Å². The summed E-state index contributed by atoms with van der Waals surface area (Å²) in [5.74, 6) is 0.482. The normalized spacial score (nSPS) is 10.8. The van der Waals surface area contributed by atoms with Crippen molar-refractivity contribution in [1.82, 2.24) is 0 Å². The molecule has 106 valence electrons. The predicted octanol–water partition coefficient (Wildman–Crippen LogP) is 4.45.